The van der Waals surface area contributed by atoms with Crippen LogP contribution in [0.1, 0.15) is 68.8 Å². The van der Waals surface area contributed by atoms with Crippen LogP contribution in [0.2, 0.25) is 0 Å². The van der Waals surface area contributed by atoms with E-state index in [4.69, 9.17) is 0 Å². The number of halogens is 1. The van der Waals surface area contributed by atoms with E-state index >= 15 is 0 Å². The largest absolute Gasteiger partial charge is 0.372 e. The van der Waals surface area contributed by atoms with Crippen LogP contribution in [0.3, 0.4) is 0 Å². The molecule has 2 aliphatic rings. The van der Waals surface area contributed by atoms with E-state index in [1.54, 1.807) is 17.7 Å². The highest BCUT2D eigenvalue weighted by atomic mass is 19.1. The van der Waals surface area contributed by atoms with Crippen molar-refractivity contribution in [2.24, 2.45) is 5.92 Å². The lowest BCUT2D eigenvalue weighted by Crippen LogP contribution is -2.33. The van der Waals surface area contributed by atoms with Crippen LogP contribution in [0.15, 0.2) is 35.3 Å². The first-order valence-electron chi connectivity index (χ1n) is 14.0. The Hall–Kier alpha value is -3.89. The predicted molar refractivity (Wildman–Crippen MR) is 148 cm³/mol. The zero-order valence-electron chi connectivity index (χ0n) is 22.2. The maximum absolute atomic E-state index is 14.7. The monoisotopic (exact) mass is 531 g/mol. The minimum atomic E-state index is -0.706. The molecule has 204 valence electrons. The standard InChI is InChI=1S/C28H34FN9O/c1-18-23-17-30-28(32-26(23)38(27(39)25(18)29)22-6-2-3-7-22)31-20-9-11-21(12-10-20)37-15-13-19(14-16-37)5-4-8-24-33-35-36-34-24/h9-12,17,19,22H,2-8,13-16H2,1H3,(H,30,31,32)(H,33,34,35,36). The first kappa shape index (κ1) is 25.4. The number of nitrogens with zero attached hydrogens (tertiary/aromatic N) is 7. The van der Waals surface area contributed by atoms with E-state index in [9.17, 15) is 9.18 Å². The van der Waals surface area contributed by atoms with Crippen molar-refractivity contribution in [1.29, 1.82) is 0 Å². The first-order chi connectivity index (χ1) is 19.1. The lowest BCUT2D eigenvalue weighted by atomic mass is 9.91. The van der Waals surface area contributed by atoms with Crippen LogP contribution in [0.25, 0.3) is 11.0 Å². The molecule has 2 N–H and O–H groups in total. The molecule has 3 aromatic heterocycles. The Bertz CT molecular complexity index is 1470. The van der Waals surface area contributed by atoms with Crippen LogP contribution in [0.5, 0.6) is 0 Å². The van der Waals surface area contributed by atoms with Gasteiger partial charge in [0.2, 0.25) is 5.95 Å². The fraction of sp³-hybridized carbons (Fsp3) is 0.500. The summed E-state index contributed by atoms with van der Waals surface area (Å²) < 4.78 is 16.3. The zero-order valence-corrected chi connectivity index (χ0v) is 22.2. The van der Waals surface area contributed by atoms with Gasteiger partial charge in [-0.15, -0.1) is 10.2 Å². The number of aromatic nitrogens is 7. The van der Waals surface area contributed by atoms with Crippen molar-refractivity contribution in [3.05, 3.63) is 58.0 Å². The summed E-state index contributed by atoms with van der Waals surface area (Å²) in [7, 11) is 0. The number of hydrogen-bond donors (Lipinski definition) is 2. The average Bonchev–Trinajstić information content (AvgIpc) is 3.68. The smallest absolute Gasteiger partial charge is 0.288 e. The van der Waals surface area contributed by atoms with E-state index in [1.165, 1.54) is 24.9 Å². The Morgan fingerprint density at radius 3 is 2.59 bits per heavy atom. The number of hydrogen-bond acceptors (Lipinski definition) is 8. The van der Waals surface area contributed by atoms with Gasteiger partial charge in [-0.3, -0.25) is 9.36 Å². The minimum absolute atomic E-state index is 0.0215. The van der Waals surface area contributed by atoms with Gasteiger partial charge in [-0.2, -0.15) is 10.2 Å². The number of pyridine rings is 1. The zero-order chi connectivity index (χ0) is 26.8. The second-order valence-corrected chi connectivity index (χ2v) is 10.8. The third kappa shape index (κ3) is 5.35. The van der Waals surface area contributed by atoms with E-state index in [2.05, 4.69) is 52.9 Å². The summed E-state index contributed by atoms with van der Waals surface area (Å²) in [6, 6.07) is 8.27. The van der Waals surface area contributed by atoms with Crippen LogP contribution >= 0.6 is 0 Å². The van der Waals surface area contributed by atoms with E-state index in [0.717, 1.165) is 69.0 Å². The maximum atomic E-state index is 14.7. The number of H-pyrrole nitrogens is 1. The third-order valence-corrected chi connectivity index (χ3v) is 8.33. The predicted octanol–water partition coefficient (Wildman–Crippen LogP) is 4.85. The van der Waals surface area contributed by atoms with Crippen molar-refractivity contribution in [2.75, 3.05) is 23.3 Å². The number of anilines is 3. The molecule has 0 bridgehead atoms. The van der Waals surface area contributed by atoms with Gasteiger partial charge >= 0.3 is 0 Å². The fourth-order valence-electron chi connectivity index (χ4n) is 6.06. The van der Waals surface area contributed by atoms with Crippen LogP contribution in [-0.2, 0) is 6.42 Å². The molecule has 0 spiro atoms. The highest BCUT2D eigenvalue weighted by molar-refractivity contribution is 5.79. The summed E-state index contributed by atoms with van der Waals surface area (Å²) in [5.41, 5.74) is 2.28. The molecule has 1 saturated heterocycles. The summed E-state index contributed by atoms with van der Waals surface area (Å²) in [4.78, 5) is 24.4. The lowest BCUT2D eigenvalue weighted by Gasteiger charge is -2.33. The van der Waals surface area contributed by atoms with Gasteiger partial charge in [0.15, 0.2) is 11.6 Å². The Morgan fingerprint density at radius 2 is 1.87 bits per heavy atom. The normalized spacial score (nSPS) is 16.8. The van der Waals surface area contributed by atoms with Crippen molar-refractivity contribution < 1.29 is 4.39 Å². The van der Waals surface area contributed by atoms with Crippen molar-refractivity contribution in [1.82, 2.24) is 35.2 Å². The molecule has 0 unspecified atom stereocenters. The molecule has 0 atom stereocenters. The number of benzene rings is 1. The van der Waals surface area contributed by atoms with Gasteiger partial charge < -0.3 is 10.2 Å². The molecule has 10 nitrogen and oxygen atoms in total. The Kier molecular flexibility index (Phi) is 7.21. The molecule has 39 heavy (non-hydrogen) atoms. The van der Waals surface area contributed by atoms with Gasteiger partial charge in [0.05, 0.1) is 0 Å². The van der Waals surface area contributed by atoms with E-state index in [1.807, 2.05) is 12.1 Å². The molecule has 1 aliphatic carbocycles. The summed E-state index contributed by atoms with van der Waals surface area (Å²) in [5.74, 6) is 1.22. The topological polar surface area (TPSA) is 118 Å². The minimum Gasteiger partial charge on any atom is -0.372 e. The second kappa shape index (κ2) is 11.1. The number of aryl methyl sites for hydroxylation is 2. The Morgan fingerprint density at radius 1 is 1.10 bits per heavy atom. The third-order valence-electron chi connectivity index (χ3n) is 8.33. The second-order valence-electron chi connectivity index (χ2n) is 10.8. The fourth-order valence-corrected chi connectivity index (χ4v) is 6.06. The number of rotatable bonds is 8. The highest BCUT2D eigenvalue weighted by Gasteiger charge is 2.25. The molecule has 6 rings (SSSR count). The number of piperidine rings is 1. The molecule has 4 aromatic rings. The van der Waals surface area contributed by atoms with Gasteiger partial charge in [0, 0.05) is 54.1 Å². The van der Waals surface area contributed by atoms with Crippen LogP contribution in [-0.4, -0.2) is 48.2 Å². The molecule has 0 radical (unpaired) electrons. The van der Waals surface area contributed by atoms with Gasteiger partial charge in [-0.1, -0.05) is 18.1 Å². The molecular formula is C28H34FN9O. The Labute approximate surface area is 226 Å². The summed E-state index contributed by atoms with van der Waals surface area (Å²) >= 11 is 0. The molecule has 0 amide bonds. The quantitative estimate of drug-likeness (QED) is 0.331. The van der Waals surface area contributed by atoms with Crippen LogP contribution in [0.4, 0.5) is 21.7 Å². The number of nitrogens with one attached hydrogen (secondary N) is 2. The number of aromatic amines is 1. The van der Waals surface area contributed by atoms with Crippen molar-refractivity contribution >= 4 is 28.4 Å². The maximum Gasteiger partial charge on any atom is 0.288 e. The van der Waals surface area contributed by atoms with E-state index in [-0.39, 0.29) is 6.04 Å². The van der Waals surface area contributed by atoms with Crippen molar-refractivity contribution in [3.8, 4) is 0 Å². The van der Waals surface area contributed by atoms with Gasteiger partial charge in [-0.25, -0.2) is 9.37 Å². The van der Waals surface area contributed by atoms with Gasteiger partial charge in [0.1, 0.15) is 5.65 Å². The van der Waals surface area contributed by atoms with E-state index in [0.29, 0.717) is 22.5 Å². The lowest BCUT2D eigenvalue weighted by molar-refractivity contribution is 0.372. The Balaban J connectivity index is 1.11. The van der Waals surface area contributed by atoms with Crippen molar-refractivity contribution in [3.63, 3.8) is 0 Å². The molecule has 11 heteroatoms. The van der Waals surface area contributed by atoms with Crippen molar-refractivity contribution in [2.45, 2.75) is 70.8 Å². The van der Waals surface area contributed by atoms with E-state index < -0.39 is 11.4 Å². The molecule has 4 heterocycles. The molecule has 1 saturated carbocycles. The van der Waals surface area contributed by atoms with Crippen LogP contribution in [0, 0.1) is 18.7 Å². The van der Waals surface area contributed by atoms with Gasteiger partial charge in [0.25, 0.3) is 5.56 Å². The molecule has 2 fully saturated rings. The summed E-state index contributed by atoms with van der Waals surface area (Å²) in [5, 5.41) is 18.0. The number of fused-ring (bicyclic) bond motifs is 1. The SMILES string of the molecule is Cc1c(F)c(=O)n(C2CCCC2)c2nc(Nc3ccc(N4CCC(CCCc5nn[nH]n5)CC4)cc3)ncc12. The number of tetrazole rings is 1. The van der Waals surface area contributed by atoms with Gasteiger partial charge in [-0.05, 0) is 75.6 Å². The molecule has 1 aliphatic heterocycles. The molecular weight excluding hydrogens is 497 g/mol. The highest BCUT2D eigenvalue weighted by Crippen LogP contribution is 2.32. The summed E-state index contributed by atoms with van der Waals surface area (Å²) in [6.45, 7) is 3.70. The first-order valence-corrected chi connectivity index (χ1v) is 14.0. The molecule has 1 aromatic carbocycles. The summed E-state index contributed by atoms with van der Waals surface area (Å²) in [6.07, 6.45) is 10.9. The average molecular weight is 532 g/mol. The van der Waals surface area contributed by atoms with Crippen LogP contribution < -0.4 is 15.8 Å².